The van der Waals surface area contributed by atoms with Crippen molar-refractivity contribution in [2.45, 2.75) is 45.7 Å². The van der Waals surface area contributed by atoms with Gasteiger partial charge in [-0.15, -0.1) is 0 Å². The van der Waals surface area contributed by atoms with Gasteiger partial charge < -0.3 is 10.4 Å². The molecule has 0 aliphatic rings. The van der Waals surface area contributed by atoms with Gasteiger partial charge in [0.1, 0.15) is 0 Å². The molecule has 0 unspecified atom stereocenters. The number of hydrogen-bond donors (Lipinski definition) is 2. The lowest BCUT2D eigenvalue weighted by Gasteiger charge is -2.31. The second kappa shape index (κ2) is 6.33. The molecule has 108 valence electrons. The Morgan fingerprint density at radius 2 is 1.90 bits per heavy atom. The highest BCUT2D eigenvalue weighted by Gasteiger charge is 2.24. The van der Waals surface area contributed by atoms with Crippen LogP contribution >= 0.6 is 0 Å². The first kappa shape index (κ1) is 14.9. The summed E-state index contributed by atoms with van der Waals surface area (Å²) in [4.78, 5) is 4.56. The summed E-state index contributed by atoms with van der Waals surface area (Å²) in [5, 5.41) is 14.4. The molecule has 0 amide bonds. The van der Waals surface area contributed by atoms with Crippen molar-refractivity contribution in [1.29, 1.82) is 0 Å². The number of aryl methyl sites for hydroxylation is 1. The molecule has 20 heavy (non-hydrogen) atoms. The Kier molecular flexibility index (Phi) is 4.73. The first-order valence-corrected chi connectivity index (χ1v) is 7.35. The third kappa shape index (κ3) is 3.00. The van der Waals surface area contributed by atoms with Crippen molar-refractivity contribution in [3.63, 3.8) is 0 Å². The standard InChI is InChI=1S/C17H24N2O/c1-4-17(5-2,12-20)18-11-14-10-13(3)19-16-9-7-6-8-15(14)16/h6-10,18,20H,4-5,11-12H2,1-3H3. The van der Waals surface area contributed by atoms with Gasteiger partial charge in [0, 0.05) is 23.2 Å². The molecule has 0 atom stereocenters. The van der Waals surface area contributed by atoms with Crippen LogP contribution in [0, 0.1) is 6.92 Å². The Balaban J connectivity index is 2.30. The lowest BCUT2D eigenvalue weighted by molar-refractivity contribution is 0.149. The van der Waals surface area contributed by atoms with Gasteiger partial charge in [0.25, 0.3) is 0 Å². The van der Waals surface area contributed by atoms with Crippen LogP contribution in [0.3, 0.4) is 0 Å². The van der Waals surface area contributed by atoms with Crippen LogP contribution < -0.4 is 5.32 Å². The second-order valence-corrected chi connectivity index (χ2v) is 5.44. The molecule has 1 aromatic heterocycles. The smallest absolute Gasteiger partial charge is 0.0708 e. The predicted octanol–water partition coefficient (Wildman–Crippen LogP) is 3.18. The van der Waals surface area contributed by atoms with Crippen LogP contribution in [-0.2, 0) is 6.54 Å². The van der Waals surface area contributed by atoms with E-state index in [1.54, 1.807) is 0 Å². The lowest BCUT2D eigenvalue weighted by atomic mass is 9.93. The molecule has 2 rings (SSSR count). The Labute approximate surface area is 121 Å². The van der Waals surface area contributed by atoms with Gasteiger partial charge in [-0.2, -0.15) is 0 Å². The second-order valence-electron chi connectivity index (χ2n) is 5.44. The van der Waals surface area contributed by atoms with Crippen LogP contribution in [0.1, 0.15) is 37.9 Å². The van der Waals surface area contributed by atoms with E-state index in [9.17, 15) is 5.11 Å². The van der Waals surface area contributed by atoms with Gasteiger partial charge in [-0.3, -0.25) is 4.98 Å². The van der Waals surface area contributed by atoms with Crippen molar-refractivity contribution in [2.24, 2.45) is 0 Å². The molecule has 0 aliphatic heterocycles. The van der Waals surface area contributed by atoms with E-state index in [1.165, 1.54) is 10.9 Å². The quantitative estimate of drug-likeness (QED) is 0.849. The zero-order valence-corrected chi connectivity index (χ0v) is 12.6. The Morgan fingerprint density at radius 1 is 1.20 bits per heavy atom. The average Bonchev–Trinajstić information content (AvgIpc) is 2.49. The van der Waals surface area contributed by atoms with Gasteiger partial charge in [0.2, 0.25) is 0 Å². The minimum Gasteiger partial charge on any atom is -0.394 e. The van der Waals surface area contributed by atoms with Crippen LogP contribution in [0.25, 0.3) is 10.9 Å². The summed E-state index contributed by atoms with van der Waals surface area (Å²) in [5.74, 6) is 0. The number of fused-ring (bicyclic) bond motifs is 1. The third-order valence-corrected chi connectivity index (χ3v) is 4.24. The van der Waals surface area contributed by atoms with Crippen LogP contribution in [0.2, 0.25) is 0 Å². The molecule has 1 heterocycles. The highest BCUT2D eigenvalue weighted by atomic mass is 16.3. The maximum absolute atomic E-state index is 9.65. The molecule has 0 saturated carbocycles. The van der Waals surface area contributed by atoms with Gasteiger partial charge in [0.15, 0.2) is 0 Å². The van der Waals surface area contributed by atoms with Crippen molar-refractivity contribution in [2.75, 3.05) is 6.61 Å². The summed E-state index contributed by atoms with van der Waals surface area (Å²) < 4.78 is 0. The molecular formula is C17H24N2O. The number of aliphatic hydroxyl groups is 1. The number of aromatic nitrogens is 1. The van der Waals surface area contributed by atoms with Crippen molar-refractivity contribution in [3.8, 4) is 0 Å². The van der Waals surface area contributed by atoms with E-state index < -0.39 is 0 Å². The van der Waals surface area contributed by atoms with Crippen LogP contribution in [0.15, 0.2) is 30.3 Å². The SMILES string of the molecule is CCC(CC)(CO)NCc1cc(C)nc2ccccc12. The summed E-state index contributed by atoms with van der Waals surface area (Å²) >= 11 is 0. The fourth-order valence-corrected chi connectivity index (χ4v) is 2.60. The molecule has 0 bridgehead atoms. The normalized spacial score (nSPS) is 12.0. The van der Waals surface area contributed by atoms with Crippen LogP contribution in [0.4, 0.5) is 0 Å². The van der Waals surface area contributed by atoms with E-state index in [2.05, 4.69) is 36.3 Å². The van der Waals surface area contributed by atoms with E-state index in [4.69, 9.17) is 0 Å². The van der Waals surface area contributed by atoms with Crippen LogP contribution in [-0.4, -0.2) is 22.2 Å². The molecule has 0 radical (unpaired) electrons. The maximum Gasteiger partial charge on any atom is 0.0708 e. The molecule has 3 heteroatoms. The van der Waals surface area contributed by atoms with Gasteiger partial charge in [-0.05, 0) is 37.5 Å². The summed E-state index contributed by atoms with van der Waals surface area (Å²) in [5.41, 5.74) is 3.13. The minimum absolute atomic E-state index is 0.169. The summed E-state index contributed by atoms with van der Waals surface area (Å²) in [6, 6.07) is 10.3. The number of pyridine rings is 1. The molecule has 0 spiro atoms. The molecule has 0 fully saturated rings. The first-order chi connectivity index (χ1) is 9.64. The Morgan fingerprint density at radius 3 is 2.55 bits per heavy atom. The number of rotatable bonds is 6. The number of hydrogen-bond acceptors (Lipinski definition) is 3. The van der Waals surface area contributed by atoms with Crippen molar-refractivity contribution in [1.82, 2.24) is 10.3 Å². The molecule has 0 saturated heterocycles. The molecule has 3 nitrogen and oxygen atoms in total. The third-order valence-electron chi connectivity index (χ3n) is 4.24. The average molecular weight is 272 g/mol. The van der Waals surface area contributed by atoms with Crippen LogP contribution in [0.5, 0.6) is 0 Å². The predicted molar refractivity (Wildman–Crippen MR) is 83.7 cm³/mol. The van der Waals surface area contributed by atoms with E-state index in [0.717, 1.165) is 30.6 Å². The molecular weight excluding hydrogens is 248 g/mol. The highest BCUT2D eigenvalue weighted by molar-refractivity contribution is 5.82. The number of benzene rings is 1. The topological polar surface area (TPSA) is 45.1 Å². The van der Waals surface area contributed by atoms with Gasteiger partial charge >= 0.3 is 0 Å². The minimum atomic E-state index is -0.182. The zero-order chi connectivity index (χ0) is 14.6. The van der Waals surface area contributed by atoms with E-state index >= 15 is 0 Å². The van der Waals surface area contributed by atoms with Crippen molar-refractivity contribution < 1.29 is 5.11 Å². The van der Waals surface area contributed by atoms with Gasteiger partial charge in [-0.25, -0.2) is 0 Å². The Hall–Kier alpha value is -1.45. The molecule has 0 aliphatic carbocycles. The summed E-state index contributed by atoms with van der Waals surface area (Å²) in [6.07, 6.45) is 1.84. The summed E-state index contributed by atoms with van der Waals surface area (Å²) in [6.45, 7) is 7.17. The maximum atomic E-state index is 9.65. The van der Waals surface area contributed by atoms with Gasteiger partial charge in [-0.1, -0.05) is 32.0 Å². The largest absolute Gasteiger partial charge is 0.394 e. The highest BCUT2D eigenvalue weighted by Crippen LogP contribution is 2.20. The summed E-state index contributed by atoms with van der Waals surface area (Å²) in [7, 11) is 0. The number of nitrogens with one attached hydrogen (secondary N) is 1. The fourth-order valence-electron chi connectivity index (χ4n) is 2.60. The lowest BCUT2D eigenvalue weighted by Crippen LogP contribution is -2.47. The van der Waals surface area contributed by atoms with Crippen molar-refractivity contribution >= 4 is 10.9 Å². The fraction of sp³-hybridized carbons (Fsp3) is 0.471. The number of nitrogens with zero attached hydrogens (tertiary/aromatic N) is 1. The van der Waals surface area contributed by atoms with Crippen molar-refractivity contribution in [3.05, 3.63) is 41.6 Å². The molecule has 2 aromatic rings. The molecule has 1 aromatic carbocycles. The Bertz CT molecular complexity index is 568. The first-order valence-electron chi connectivity index (χ1n) is 7.35. The van der Waals surface area contributed by atoms with E-state index in [0.29, 0.717) is 0 Å². The zero-order valence-electron chi connectivity index (χ0n) is 12.6. The monoisotopic (exact) mass is 272 g/mol. The van der Waals surface area contributed by atoms with E-state index in [-0.39, 0.29) is 12.1 Å². The number of para-hydroxylation sites is 1. The van der Waals surface area contributed by atoms with E-state index in [1.807, 2.05) is 25.1 Å². The van der Waals surface area contributed by atoms with Gasteiger partial charge in [0.05, 0.1) is 12.1 Å². The molecule has 2 N–H and O–H groups in total. The number of aliphatic hydroxyl groups excluding tert-OH is 1.